The fourth-order valence-electron chi connectivity index (χ4n) is 0.762. The molecule has 0 rings (SSSR count). The summed E-state index contributed by atoms with van der Waals surface area (Å²) in [6, 6.07) is -0.820. The van der Waals surface area contributed by atoms with Crippen molar-refractivity contribution in [2.24, 2.45) is 5.73 Å². The van der Waals surface area contributed by atoms with Crippen LogP contribution in [0.2, 0.25) is 0 Å². The number of nitrogens with two attached hydrogens (primary N) is 1. The number of carbonyl (C=O) groups is 2. The average Bonchev–Trinajstić information content (AvgIpc) is 2.09. The lowest BCUT2D eigenvalue weighted by Crippen LogP contribution is -2.32. The van der Waals surface area contributed by atoms with Crippen molar-refractivity contribution in [3.05, 3.63) is 0 Å². The first-order valence-corrected chi connectivity index (χ1v) is 5.47. The predicted molar refractivity (Wildman–Crippen MR) is 54.4 cm³/mol. The third kappa shape index (κ3) is 7.88. The first kappa shape index (κ1) is 13.2. The van der Waals surface area contributed by atoms with Crippen LogP contribution in [0.4, 0.5) is 0 Å². The minimum Gasteiger partial charge on any atom is -0.481 e. The number of rotatable bonds is 8. The summed E-state index contributed by atoms with van der Waals surface area (Å²) in [6.07, 6.45) is 1.58. The van der Waals surface area contributed by atoms with Crippen molar-refractivity contribution in [2.75, 3.05) is 11.5 Å². The lowest BCUT2D eigenvalue weighted by molar-refractivity contribution is -0.138. The zero-order valence-electron chi connectivity index (χ0n) is 7.81. The Morgan fingerprint density at radius 3 is 2.43 bits per heavy atom. The molecule has 6 heteroatoms. The van der Waals surface area contributed by atoms with E-state index in [0.717, 1.165) is 12.2 Å². The Hall–Kier alpha value is -0.750. The summed E-state index contributed by atoms with van der Waals surface area (Å²) in [7, 11) is 0. The van der Waals surface area contributed by atoms with Gasteiger partial charge in [0.05, 0.1) is 0 Å². The molecule has 1 atom stereocenters. The van der Waals surface area contributed by atoms with Crippen molar-refractivity contribution >= 4 is 23.7 Å². The van der Waals surface area contributed by atoms with Crippen LogP contribution in [0.3, 0.4) is 0 Å². The number of carboxylic acids is 2. The number of aliphatic carboxylic acids is 2. The number of hydrogen-bond donors (Lipinski definition) is 3. The van der Waals surface area contributed by atoms with Crippen molar-refractivity contribution in [2.45, 2.75) is 25.3 Å². The molecule has 0 heterocycles. The van der Waals surface area contributed by atoms with E-state index >= 15 is 0 Å². The molecule has 14 heavy (non-hydrogen) atoms. The van der Waals surface area contributed by atoms with Crippen LogP contribution in [0.15, 0.2) is 0 Å². The third-order valence-corrected chi connectivity index (χ3v) is 2.72. The molecule has 0 amide bonds. The second kappa shape index (κ2) is 7.64. The second-order valence-corrected chi connectivity index (χ2v) is 4.02. The normalized spacial score (nSPS) is 12.4. The molecule has 0 aromatic heterocycles. The largest absolute Gasteiger partial charge is 0.481 e. The van der Waals surface area contributed by atoms with Gasteiger partial charge < -0.3 is 15.9 Å². The molecule has 0 unspecified atom stereocenters. The van der Waals surface area contributed by atoms with Crippen LogP contribution < -0.4 is 5.73 Å². The Labute approximate surface area is 86.7 Å². The van der Waals surface area contributed by atoms with Crippen molar-refractivity contribution < 1.29 is 19.8 Å². The first-order valence-electron chi connectivity index (χ1n) is 4.32. The van der Waals surface area contributed by atoms with E-state index in [4.69, 9.17) is 15.9 Å². The van der Waals surface area contributed by atoms with E-state index in [1.54, 1.807) is 0 Å². The van der Waals surface area contributed by atoms with E-state index in [9.17, 15) is 9.59 Å². The Morgan fingerprint density at radius 2 is 1.93 bits per heavy atom. The van der Waals surface area contributed by atoms with Gasteiger partial charge in [-0.25, -0.2) is 0 Å². The second-order valence-electron chi connectivity index (χ2n) is 2.87. The standard InChI is InChI=1S/C8H15NO4S/c9-6(8(12)13)5-14-4-2-1-3-7(10)11/h6H,1-5,9H2,(H,10,11)(H,12,13)/t6-/m0/s1. The van der Waals surface area contributed by atoms with Crippen LogP contribution in [0.25, 0.3) is 0 Å². The molecule has 0 fully saturated rings. The number of hydrogen-bond acceptors (Lipinski definition) is 4. The van der Waals surface area contributed by atoms with Crippen molar-refractivity contribution in [1.29, 1.82) is 0 Å². The lowest BCUT2D eigenvalue weighted by Gasteiger charge is -2.04. The number of unbranched alkanes of at least 4 members (excludes halogenated alkanes) is 1. The topological polar surface area (TPSA) is 101 Å². The maximum Gasteiger partial charge on any atom is 0.321 e. The molecular weight excluding hydrogens is 206 g/mol. The van der Waals surface area contributed by atoms with E-state index in [-0.39, 0.29) is 6.42 Å². The monoisotopic (exact) mass is 221 g/mol. The van der Waals surface area contributed by atoms with Gasteiger partial charge in [0, 0.05) is 12.2 Å². The highest BCUT2D eigenvalue weighted by atomic mass is 32.2. The van der Waals surface area contributed by atoms with Gasteiger partial charge in [0.15, 0.2) is 0 Å². The molecule has 82 valence electrons. The van der Waals surface area contributed by atoms with Crippen molar-refractivity contribution in [3.8, 4) is 0 Å². The molecule has 0 aromatic carbocycles. The summed E-state index contributed by atoms with van der Waals surface area (Å²) in [4.78, 5) is 20.4. The molecule has 0 spiro atoms. The van der Waals surface area contributed by atoms with E-state index < -0.39 is 18.0 Å². The predicted octanol–water partition coefficient (Wildman–Crippen LogP) is 0.386. The summed E-state index contributed by atoms with van der Waals surface area (Å²) in [5.74, 6) is -0.656. The van der Waals surface area contributed by atoms with Gasteiger partial charge in [-0.2, -0.15) is 11.8 Å². The maximum atomic E-state index is 10.3. The molecule has 0 aliphatic carbocycles. The fourth-order valence-corrected chi connectivity index (χ4v) is 1.73. The molecule has 0 radical (unpaired) electrons. The summed E-state index contributed by atoms with van der Waals surface area (Å²) in [5.41, 5.74) is 5.26. The van der Waals surface area contributed by atoms with Crippen LogP contribution in [-0.4, -0.2) is 39.7 Å². The third-order valence-electron chi connectivity index (χ3n) is 1.54. The summed E-state index contributed by atoms with van der Waals surface area (Å²) >= 11 is 1.44. The van der Waals surface area contributed by atoms with Gasteiger partial charge in [-0.1, -0.05) is 0 Å². The van der Waals surface area contributed by atoms with Crippen LogP contribution in [-0.2, 0) is 9.59 Å². The highest BCUT2D eigenvalue weighted by Crippen LogP contribution is 2.07. The first-order chi connectivity index (χ1) is 6.54. The van der Waals surface area contributed by atoms with E-state index in [2.05, 4.69) is 0 Å². The SMILES string of the molecule is N[C@@H](CSCCCCC(=O)O)C(=O)O. The Balaban J connectivity index is 3.21. The molecule has 4 N–H and O–H groups in total. The van der Waals surface area contributed by atoms with Crippen LogP contribution in [0.5, 0.6) is 0 Å². The maximum absolute atomic E-state index is 10.3. The molecule has 0 saturated heterocycles. The van der Waals surface area contributed by atoms with Crippen LogP contribution in [0.1, 0.15) is 19.3 Å². The van der Waals surface area contributed by atoms with Gasteiger partial charge >= 0.3 is 11.9 Å². The molecule has 0 saturated carbocycles. The minimum atomic E-state index is -0.997. The smallest absolute Gasteiger partial charge is 0.321 e. The molecule has 0 aliphatic heterocycles. The van der Waals surface area contributed by atoms with E-state index in [0.29, 0.717) is 12.2 Å². The molecule has 0 aromatic rings. The Bertz CT molecular complexity index is 198. The molecule has 5 nitrogen and oxygen atoms in total. The van der Waals surface area contributed by atoms with Gasteiger partial charge in [0.2, 0.25) is 0 Å². The number of thioether (sulfide) groups is 1. The lowest BCUT2D eigenvalue weighted by atomic mass is 10.2. The molecule has 0 aliphatic rings. The summed E-state index contributed by atoms with van der Waals surface area (Å²) in [6.45, 7) is 0. The van der Waals surface area contributed by atoms with Gasteiger partial charge in [-0.15, -0.1) is 0 Å². The fraction of sp³-hybridized carbons (Fsp3) is 0.750. The minimum absolute atomic E-state index is 0.172. The highest BCUT2D eigenvalue weighted by molar-refractivity contribution is 7.99. The Kier molecular flexibility index (Phi) is 7.23. The van der Waals surface area contributed by atoms with E-state index in [1.165, 1.54) is 11.8 Å². The quantitative estimate of drug-likeness (QED) is 0.512. The molecule has 0 bridgehead atoms. The van der Waals surface area contributed by atoms with Gasteiger partial charge in [-0.3, -0.25) is 9.59 Å². The zero-order chi connectivity index (χ0) is 11.0. The van der Waals surface area contributed by atoms with Crippen molar-refractivity contribution in [1.82, 2.24) is 0 Å². The van der Waals surface area contributed by atoms with Gasteiger partial charge in [0.25, 0.3) is 0 Å². The van der Waals surface area contributed by atoms with Crippen molar-refractivity contribution in [3.63, 3.8) is 0 Å². The van der Waals surface area contributed by atoms with E-state index in [1.807, 2.05) is 0 Å². The summed E-state index contributed by atoms with van der Waals surface area (Å²) < 4.78 is 0. The highest BCUT2D eigenvalue weighted by Gasteiger charge is 2.10. The summed E-state index contributed by atoms with van der Waals surface area (Å²) in [5, 5.41) is 16.8. The Morgan fingerprint density at radius 1 is 1.29 bits per heavy atom. The average molecular weight is 221 g/mol. The molecular formula is C8H15NO4S. The van der Waals surface area contributed by atoms with Gasteiger partial charge in [0.1, 0.15) is 6.04 Å². The van der Waals surface area contributed by atoms with Gasteiger partial charge in [-0.05, 0) is 18.6 Å². The number of carboxylic acid groups (broad SMARTS) is 2. The van der Waals surface area contributed by atoms with Crippen LogP contribution >= 0.6 is 11.8 Å². The zero-order valence-corrected chi connectivity index (χ0v) is 8.63. The van der Waals surface area contributed by atoms with Crippen LogP contribution in [0, 0.1) is 0 Å².